The molecule has 0 spiro atoms. The highest BCUT2D eigenvalue weighted by Crippen LogP contribution is 2.26. The highest BCUT2D eigenvalue weighted by atomic mass is 35.5. The van der Waals surface area contributed by atoms with Crippen molar-refractivity contribution in [2.45, 2.75) is 6.61 Å². The van der Waals surface area contributed by atoms with Crippen molar-refractivity contribution >= 4 is 34.8 Å². The van der Waals surface area contributed by atoms with Crippen molar-refractivity contribution in [3.63, 3.8) is 0 Å². The van der Waals surface area contributed by atoms with Gasteiger partial charge in [-0.25, -0.2) is 0 Å². The largest absolute Gasteiger partial charge is 0.489 e. The number of nitriles is 1. The number of hydrogen-bond donors (Lipinski definition) is 0. The number of rotatable bonds is 3. The van der Waals surface area contributed by atoms with Crippen LogP contribution in [-0.4, -0.2) is 0 Å². The first-order chi connectivity index (χ1) is 9.08. The van der Waals surface area contributed by atoms with Gasteiger partial charge >= 0.3 is 0 Å². The maximum atomic E-state index is 8.75. The van der Waals surface area contributed by atoms with E-state index < -0.39 is 0 Å². The molecule has 0 aliphatic carbocycles. The molecule has 0 saturated carbocycles. The molecule has 0 aliphatic rings. The Morgan fingerprint density at radius 3 is 2.26 bits per heavy atom. The standard InChI is InChI=1S/C14H8Cl3NO/c15-11-4-12(16)6-13(5-11)19-8-10-2-1-9(7-18)3-14(10)17/h1-6H,8H2. The lowest BCUT2D eigenvalue weighted by molar-refractivity contribution is 0.306. The van der Waals surface area contributed by atoms with Gasteiger partial charge in [0.1, 0.15) is 12.4 Å². The van der Waals surface area contributed by atoms with Crippen LogP contribution in [0.25, 0.3) is 0 Å². The van der Waals surface area contributed by atoms with E-state index in [-0.39, 0.29) is 6.61 Å². The van der Waals surface area contributed by atoms with Crippen LogP contribution in [0, 0.1) is 11.3 Å². The molecule has 0 atom stereocenters. The van der Waals surface area contributed by atoms with E-state index in [9.17, 15) is 0 Å². The van der Waals surface area contributed by atoms with Gasteiger partial charge in [0.05, 0.1) is 11.6 Å². The Kier molecular flexibility index (Phi) is 4.55. The van der Waals surface area contributed by atoms with E-state index in [1.807, 2.05) is 6.07 Å². The zero-order valence-corrected chi connectivity index (χ0v) is 11.9. The van der Waals surface area contributed by atoms with Crippen LogP contribution in [0.4, 0.5) is 0 Å². The summed E-state index contributed by atoms with van der Waals surface area (Å²) in [6.07, 6.45) is 0. The van der Waals surface area contributed by atoms with Crippen molar-refractivity contribution in [1.82, 2.24) is 0 Å². The topological polar surface area (TPSA) is 33.0 Å². The zero-order chi connectivity index (χ0) is 13.8. The average Bonchev–Trinajstić information content (AvgIpc) is 2.36. The van der Waals surface area contributed by atoms with Gasteiger partial charge in [-0.15, -0.1) is 0 Å². The van der Waals surface area contributed by atoms with Crippen molar-refractivity contribution in [3.8, 4) is 11.8 Å². The minimum Gasteiger partial charge on any atom is -0.489 e. The average molecular weight is 313 g/mol. The molecule has 2 aromatic rings. The SMILES string of the molecule is N#Cc1ccc(COc2cc(Cl)cc(Cl)c2)c(Cl)c1. The normalized spacial score (nSPS) is 10.0. The fraction of sp³-hybridized carbons (Fsp3) is 0.0714. The second-order valence-corrected chi connectivity index (χ2v) is 5.09. The Bertz CT molecular complexity index is 629. The lowest BCUT2D eigenvalue weighted by Crippen LogP contribution is -1.96. The third kappa shape index (κ3) is 3.78. The first-order valence-electron chi connectivity index (χ1n) is 5.36. The van der Waals surface area contributed by atoms with Crippen molar-refractivity contribution in [1.29, 1.82) is 5.26 Å². The van der Waals surface area contributed by atoms with Crippen LogP contribution in [0.3, 0.4) is 0 Å². The highest BCUT2D eigenvalue weighted by molar-refractivity contribution is 6.34. The van der Waals surface area contributed by atoms with E-state index in [0.717, 1.165) is 5.56 Å². The molecular weight excluding hydrogens is 305 g/mol. The fourth-order valence-corrected chi connectivity index (χ4v) is 2.25. The molecule has 5 heteroatoms. The van der Waals surface area contributed by atoms with E-state index >= 15 is 0 Å². The summed E-state index contributed by atoms with van der Waals surface area (Å²) in [5.74, 6) is 0.568. The minimum absolute atomic E-state index is 0.279. The van der Waals surface area contributed by atoms with Crippen LogP contribution in [0.2, 0.25) is 15.1 Å². The molecule has 2 nitrogen and oxygen atoms in total. The summed E-state index contributed by atoms with van der Waals surface area (Å²) in [6.45, 7) is 0.279. The Morgan fingerprint density at radius 2 is 1.68 bits per heavy atom. The molecular formula is C14H8Cl3NO. The van der Waals surface area contributed by atoms with Crippen LogP contribution in [0.15, 0.2) is 36.4 Å². The predicted octanol–water partition coefficient (Wildman–Crippen LogP) is 5.10. The van der Waals surface area contributed by atoms with Crippen molar-refractivity contribution in [3.05, 3.63) is 62.6 Å². The molecule has 2 aromatic carbocycles. The molecule has 0 radical (unpaired) electrons. The molecule has 0 saturated heterocycles. The molecule has 0 fully saturated rings. The van der Waals surface area contributed by atoms with Crippen molar-refractivity contribution in [2.24, 2.45) is 0 Å². The van der Waals surface area contributed by atoms with Crippen molar-refractivity contribution < 1.29 is 4.74 Å². The van der Waals surface area contributed by atoms with Crippen molar-refractivity contribution in [2.75, 3.05) is 0 Å². The predicted molar refractivity (Wildman–Crippen MR) is 77.0 cm³/mol. The van der Waals surface area contributed by atoms with Crippen LogP contribution >= 0.6 is 34.8 Å². The van der Waals surface area contributed by atoms with Crippen LogP contribution in [0.1, 0.15) is 11.1 Å². The lowest BCUT2D eigenvalue weighted by Gasteiger charge is -2.08. The van der Waals surface area contributed by atoms with Gasteiger partial charge in [-0.2, -0.15) is 5.26 Å². The van der Waals surface area contributed by atoms with E-state index in [0.29, 0.717) is 26.4 Å². The molecule has 0 heterocycles. The van der Waals surface area contributed by atoms with E-state index in [4.69, 9.17) is 44.8 Å². The molecule has 2 rings (SSSR count). The zero-order valence-electron chi connectivity index (χ0n) is 9.66. The summed E-state index contributed by atoms with van der Waals surface area (Å²) in [4.78, 5) is 0. The molecule has 19 heavy (non-hydrogen) atoms. The summed E-state index contributed by atoms with van der Waals surface area (Å²) in [7, 11) is 0. The van der Waals surface area contributed by atoms with E-state index in [2.05, 4.69) is 0 Å². The van der Waals surface area contributed by atoms with Gasteiger partial charge < -0.3 is 4.74 Å². The maximum absolute atomic E-state index is 8.75. The van der Waals surface area contributed by atoms with Gasteiger partial charge in [0.25, 0.3) is 0 Å². The number of benzene rings is 2. The molecule has 0 N–H and O–H groups in total. The lowest BCUT2D eigenvalue weighted by atomic mass is 10.1. The summed E-state index contributed by atoms with van der Waals surface area (Å²) >= 11 is 17.8. The van der Waals surface area contributed by atoms with Gasteiger partial charge in [0, 0.05) is 20.6 Å². The molecule has 0 aromatic heterocycles. The third-order valence-electron chi connectivity index (χ3n) is 2.41. The van der Waals surface area contributed by atoms with Gasteiger partial charge in [0.15, 0.2) is 0 Å². The number of ether oxygens (including phenoxy) is 1. The smallest absolute Gasteiger partial charge is 0.122 e. The van der Waals surface area contributed by atoms with E-state index in [1.54, 1.807) is 36.4 Å². The summed E-state index contributed by atoms with van der Waals surface area (Å²) in [5.41, 5.74) is 1.30. The fourth-order valence-electron chi connectivity index (χ4n) is 1.51. The van der Waals surface area contributed by atoms with Gasteiger partial charge in [-0.05, 0) is 30.3 Å². The molecule has 0 aliphatic heterocycles. The molecule has 96 valence electrons. The van der Waals surface area contributed by atoms with Crippen LogP contribution < -0.4 is 4.74 Å². The summed E-state index contributed by atoms with van der Waals surface area (Å²) in [6, 6.07) is 12.0. The Morgan fingerprint density at radius 1 is 1.00 bits per heavy atom. The first-order valence-corrected chi connectivity index (χ1v) is 6.49. The second-order valence-electron chi connectivity index (χ2n) is 3.81. The Labute approximate surface area is 126 Å². The molecule has 0 unspecified atom stereocenters. The monoisotopic (exact) mass is 311 g/mol. The van der Waals surface area contributed by atoms with Gasteiger partial charge in [-0.1, -0.05) is 40.9 Å². The Balaban J connectivity index is 2.12. The van der Waals surface area contributed by atoms with Crippen LogP contribution in [-0.2, 0) is 6.61 Å². The first kappa shape index (κ1) is 14.0. The van der Waals surface area contributed by atoms with Crippen LogP contribution in [0.5, 0.6) is 5.75 Å². The maximum Gasteiger partial charge on any atom is 0.122 e. The van der Waals surface area contributed by atoms with Gasteiger partial charge in [0.2, 0.25) is 0 Å². The van der Waals surface area contributed by atoms with E-state index in [1.165, 1.54) is 0 Å². The molecule has 0 amide bonds. The highest BCUT2D eigenvalue weighted by Gasteiger charge is 2.04. The van der Waals surface area contributed by atoms with Gasteiger partial charge in [-0.3, -0.25) is 0 Å². The summed E-state index contributed by atoms with van der Waals surface area (Å²) < 4.78 is 5.57. The molecule has 0 bridgehead atoms. The summed E-state index contributed by atoms with van der Waals surface area (Å²) in [5, 5.41) is 10.3. The second kappa shape index (κ2) is 6.16. The number of hydrogen-bond acceptors (Lipinski definition) is 2. The number of halogens is 3. The quantitative estimate of drug-likeness (QED) is 0.790. The third-order valence-corrected chi connectivity index (χ3v) is 3.20. The minimum atomic E-state index is 0.279. The number of nitrogens with zero attached hydrogens (tertiary/aromatic N) is 1. The Hall–Kier alpha value is -1.40.